The highest BCUT2D eigenvalue weighted by atomic mass is 14.0. The first-order valence-corrected chi connectivity index (χ1v) is 8.19. The number of hydrogen-bond acceptors (Lipinski definition) is 0. The summed E-state index contributed by atoms with van der Waals surface area (Å²) in [5.41, 5.74) is 4.76. The van der Waals surface area contributed by atoms with Crippen LogP contribution in [0.5, 0.6) is 0 Å². The first kappa shape index (κ1) is 16.1. The molecule has 2 rings (SSSR count). The minimum Gasteiger partial charge on any atom is -0.0840 e. The summed E-state index contributed by atoms with van der Waals surface area (Å²) < 4.78 is 0. The second kappa shape index (κ2) is 8.90. The summed E-state index contributed by atoms with van der Waals surface area (Å²) in [5, 5.41) is 0. The lowest BCUT2D eigenvalue weighted by Gasteiger charge is -1.97. The Bertz CT molecular complexity index is 646. The quantitative estimate of drug-likeness (QED) is 0.605. The smallest absolute Gasteiger partial charge is 0.0249 e. The molecule has 0 aromatic heterocycles. The van der Waals surface area contributed by atoms with Gasteiger partial charge in [-0.15, -0.1) is 0 Å². The van der Waals surface area contributed by atoms with Gasteiger partial charge in [0.25, 0.3) is 0 Å². The van der Waals surface area contributed by atoms with E-state index in [1.54, 1.807) is 0 Å². The van der Waals surface area contributed by atoms with Gasteiger partial charge in [-0.05, 0) is 48.2 Å². The normalized spacial score (nSPS) is 10.5. The van der Waals surface area contributed by atoms with Crippen LogP contribution in [0.15, 0.2) is 54.6 Å². The van der Waals surface area contributed by atoms with Crippen molar-refractivity contribution in [2.45, 2.75) is 39.5 Å². The molecule has 0 aliphatic rings. The summed E-state index contributed by atoms with van der Waals surface area (Å²) >= 11 is 0. The Labute approximate surface area is 134 Å². The molecule has 0 saturated carbocycles. The molecule has 22 heavy (non-hydrogen) atoms. The fourth-order valence-electron chi connectivity index (χ4n) is 2.25. The van der Waals surface area contributed by atoms with E-state index in [0.717, 1.165) is 24.0 Å². The first-order valence-electron chi connectivity index (χ1n) is 8.19. The molecule has 0 heteroatoms. The van der Waals surface area contributed by atoms with Crippen LogP contribution in [0.1, 0.15) is 55.4 Å². The molecule has 0 fully saturated rings. The zero-order chi connectivity index (χ0) is 15.6. The largest absolute Gasteiger partial charge is 0.0840 e. The van der Waals surface area contributed by atoms with E-state index in [0.29, 0.717) is 0 Å². The summed E-state index contributed by atoms with van der Waals surface area (Å²) in [7, 11) is 0. The van der Waals surface area contributed by atoms with E-state index < -0.39 is 0 Å². The van der Waals surface area contributed by atoms with Gasteiger partial charge in [0.05, 0.1) is 0 Å². The maximum absolute atomic E-state index is 3.23. The van der Waals surface area contributed by atoms with Crippen LogP contribution in [0.25, 0.3) is 6.08 Å². The molecule has 0 heterocycles. The minimum absolute atomic E-state index is 1.06. The maximum Gasteiger partial charge on any atom is 0.0249 e. The molecule has 0 atom stereocenters. The monoisotopic (exact) mass is 288 g/mol. The number of unbranched alkanes of at least 4 members (excludes halogenated alkanes) is 1. The minimum atomic E-state index is 1.06. The lowest BCUT2D eigenvalue weighted by molar-refractivity contribution is 0.922. The van der Waals surface area contributed by atoms with Gasteiger partial charge in [0.1, 0.15) is 0 Å². The van der Waals surface area contributed by atoms with Gasteiger partial charge in [-0.1, -0.05) is 74.9 Å². The third kappa shape index (κ3) is 5.26. The van der Waals surface area contributed by atoms with Crippen LogP contribution in [-0.4, -0.2) is 0 Å². The molecule has 0 saturated heterocycles. The van der Waals surface area contributed by atoms with Crippen molar-refractivity contribution in [2.75, 3.05) is 0 Å². The Hall–Kier alpha value is -2.26. The van der Waals surface area contributed by atoms with Gasteiger partial charge in [-0.3, -0.25) is 0 Å². The molecular weight excluding hydrogens is 264 g/mol. The third-order valence-corrected chi connectivity index (χ3v) is 3.52. The van der Waals surface area contributed by atoms with Crippen molar-refractivity contribution in [2.24, 2.45) is 0 Å². The lowest BCUT2D eigenvalue weighted by atomic mass is 10.1. The molecule has 0 nitrogen and oxygen atoms in total. The van der Waals surface area contributed by atoms with Crippen molar-refractivity contribution in [3.8, 4) is 11.8 Å². The molecule has 2 aromatic rings. The SMILES string of the molecule is CCCC=Cc1ccc(C#Cc2ccc(CCC)cc2)cc1. The standard InChI is InChI=1S/C22H24/c1-3-5-6-8-20-11-15-22(16-12-20)18-17-21-13-9-19(7-4-2)10-14-21/h6,8-16H,3-5,7H2,1-2H3. The summed E-state index contributed by atoms with van der Waals surface area (Å²) in [6.45, 7) is 4.40. The summed E-state index contributed by atoms with van der Waals surface area (Å²) in [5.74, 6) is 6.47. The van der Waals surface area contributed by atoms with Crippen molar-refractivity contribution < 1.29 is 0 Å². The Morgan fingerprint density at radius 1 is 0.773 bits per heavy atom. The van der Waals surface area contributed by atoms with Gasteiger partial charge in [0.15, 0.2) is 0 Å². The lowest BCUT2D eigenvalue weighted by Crippen LogP contribution is -1.83. The number of rotatable bonds is 5. The summed E-state index contributed by atoms with van der Waals surface area (Å²) in [4.78, 5) is 0. The van der Waals surface area contributed by atoms with E-state index in [-0.39, 0.29) is 0 Å². The van der Waals surface area contributed by atoms with Crippen LogP contribution < -0.4 is 0 Å². The van der Waals surface area contributed by atoms with Crippen molar-refractivity contribution in [3.05, 3.63) is 76.9 Å². The predicted octanol–water partition coefficient (Wildman–Crippen LogP) is 5.85. The fraction of sp³-hybridized carbons (Fsp3) is 0.273. The Morgan fingerprint density at radius 3 is 1.91 bits per heavy atom. The molecule has 2 aromatic carbocycles. The first-order chi connectivity index (χ1) is 10.8. The van der Waals surface area contributed by atoms with Crippen LogP contribution in [0.2, 0.25) is 0 Å². The predicted molar refractivity (Wildman–Crippen MR) is 96.8 cm³/mol. The number of benzene rings is 2. The fourth-order valence-corrected chi connectivity index (χ4v) is 2.25. The highest BCUT2D eigenvalue weighted by Gasteiger charge is 1.92. The van der Waals surface area contributed by atoms with Gasteiger partial charge in [-0.2, -0.15) is 0 Å². The van der Waals surface area contributed by atoms with Gasteiger partial charge < -0.3 is 0 Å². The molecule has 112 valence electrons. The average Bonchev–Trinajstić information content (AvgIpc) is 2.56. The molecule has 0 aliphatic carbocycles. The van der Waals surface area contributed by atoms with E-state index in [1.807, 2.05) is 0 Å². The highest BCUT2D eigenvalue weighted by molar-refractivity contribution is 5.52. The topological polar surface area (TPSA) is 0 Å². The average molecular weight is 288 g/mol. The van der Waals surface area contributed by atoms with Gasteiger partial charge in [0.2, 0.25) is 0 Å². The molecule has 0 bridgehead atoms. The highest BCUT2D eigenvalue weighted by Crippen LogP contribution is 2.08. The van der Waals surface area contributed by atoms with Crippen LogP contribution in [-0.2, 0) is 6.42 Å². The van der Waals surface area contributed by atoms with Crippen LogP contribution in [0, 0.1) is 11.8 Å². The zero-order valence-corrected chi connectivity index (χ0v) is 13.6. The molecule has 0 amide bonds. The second-order valence-electron chi connectivity index (χ2n) is 5.51. The van der Waals surface area contributed by atoms with Crippen LogP contribution in [0.3, 0.4) is 0 Å². The van der Waals surface area contributed by atoms with Crippen molar-refractivity contribution >= 4 is 6.08 Å². The van der Waals surface area contributed by atoms with Crippen LogP contribution >= 0.6 is 0 Å². The third-order valence-electron chi connectivity index (χ3n) is 3.52. The Morgan fingerprint density at radius 2 is 1.36 bits per heavy atom. The van der Waals surface area contributed by atoms with Crippen molar-refractivity contribution in [1.29, 1.82) is 0 Å². The van der Waals surface area contributed by atoms with Gasteiger partial charge in [0, 0.05) is 11.1 Å². The van der Waals surface area contributed by atoms with Crippen molar-refractivity contribution in [3.63, 3.8) is 0 Å². The summed E-state index contributed by atoms with van der Waals surface area (Å²) in [6, 6.07) is 17.0. The van der Waals surface area contributed by atoms with E-state index in [4.69, 9.17) is 0 Å². The van der Waals surface area contributed by atoms with Gasteiger partial charge in [-0.25, -0.2) is 0 Å². The summed E-state index contributed by atoms with van der Waals surface area (Å²) in [6.07, 6.45) is 9.04. The number of aryl methyl sites for hydroxylation is 1. The van der Waals surface area contributed by atoms with Crippen LogP contribution in [0.4, 0.5) is 0 Å². The van der Waals surface area contributed by atoms with Gasteiger partial charge >= 0.3 is 0 Å². The molecule has 0 radical (unpaired) electrons. The second-order valence-corrected chi connectivity index (χ2v) is 5.51. The van der Waals surface area contributed by atoms with Crippen molar-refractivity contribution in [1.82, 2.24) is 0 Å². The molecule has 0 N–H and O–H groups in total. The molecule has 0 unspecified atom stereocenters. The van der Waals surface area contributed by atoms with E-state index in [2.05, 4.69) is 86.4 Å². The van der Waals surface area contributed by atoms with E-state index in [9.17, 15) is 0 Å². The molecule has 0 aliphatic heterocycles. The van der Waals surface area contributed by atoms with E-state index in [1.165, 1.54) is 24.0 Å². The number of hydrogen-bond donors (Lipinski definition) is 0. The number of allylic oxidation sites excluding steroid dienone is 1. The molecular formula is C22H24. The Kier molecular flexibility index (Phi) is 6.52. The maximum atomic E-state index is 3.23. The zero-order valence-electron chi connectivity index (χ0n) is 13.6. The molecule has 0 spiro atoms. The Balaban J connectivity index is 2.01. The van der Waals surface area contributed by atoms with E-state index >= 15 is 0 Å².